The van der Waals surface area contributed by atoms with E-state index in [9.17, 15) is 0 Å². The topological polar surface area (TPSA) is 48.9 Å². The van der Waals surface area contributed by atoms with Crippen LogP contribution in [0.2, 0.25) is 0 Å². The second kappa shape index (κ2) is 12.4. The predicted molar refractivity (Wildman–Crippen MR) is 120 cm³/mol. The fourth-order valence-corrected chi connectivity index (χ4v) is 4.15. The van der Waals surface area contributed by atoms with Crippen molar-refractivity contribution >= 4 is 29.9 Å². The third kappa shape index (κ3) is 7.89. The molecule has 0 aromatic rings. The molecule has 152 valence electrons. The van der Waals surface area contributed by atoms with E-state index in [1.54, 1.807) is 0 Å². The van der Waals surface area contributed by atoms with Crippen molar-refractivity contribution in [3.05, 3.63) is 0 Å². The van der Waals surface area contributed by atoms with Gasteiger partial charge in [-0.05, 0) is 51.5 Å². The predicted octanol–water partition coefficient (Wildman–Crippen LogP) is 3.38. The minimum absolute atomic E-state index is 0. The van der Waals surface area contributed by atoms with Crippen LogP contribution in [0.1, 0.15) is 64.7 Å². The van der Waals surface area contributed by atoms with Crippen LogP contribution < -0.4 is 10.6 Å². The van der Waals surface area contributed by atoms with Crippen LogP contribution in [-0.4, -0.2) is 62.3 Å². The molecule has 0 aromatic heterocycles. The van der Waals surface area contributed by atoms with Crippen molar-refractivity contribution in [1.29, 1.82) is 0 Å². The van der Waals surface area contributed by atoms with E-state index in [0.29, 0.717) is 6.10 Å². The maximum atomic E-state index is 6.06. The van der Waals surface area contributed by atoms with Crippen molar-refractivity contribution in [1.82, 2.24) is 15.5 Å². The lowest BCUT2D eigenvalue weighted by Crippen LogP contribution is -2.39. The molecule has 1 unspecified atom stereocenters. The summed E-state index contributed by atoms with van der Waals surface area (Å²) in [5, 5.41) is 6.82. The molecule has 26 heavy (non-hydrogen) atoms. The Morgan fingerprint density at radius 3 is 2.50 bits per heavy atom. The van der Waals surface area contributed by atoms with Crippen molar-refractivity contribution in [3.63, 3.8) is 0 Å². The lowest BCUT2D eigenvalue weighted by Gasteiger charge is -2.17. The van der Waals surface area contributed by atoms with Gasteiger partial charge in [0.2, 0.25) is 0 Å². The van der Waals surface area contributed by atoms with Gasteiger partial charge < -0.3 is 20.3 Å². The van der Waals surface area contributed by atoms with Crippen molar-refractivity contribution in [2.24, 2.45) is 10.9 Å². The first-order valence-electron chi connectivity index (χ1n) is 10.7. The standard InChI is InChI=1S/C20H38N4O.HI/c1-2-21-20(22-12-14-25-19-7-5-3-4-6-8-19)23-15-17-11-13-24(16-17)18-9-10-18;/h17-19H,2-16H2,1H3,(H2,21,22,23);1H. The fraction of sp³-hybridized carbons (Fsp3) is 0.950. The van der Waals surface area contributed by atoms with Gasteiger partial charge in [-0.15, -0.1) is 24.0 Å². The smallest absolute Gasteiger partial charge is 0.191 e. The number of guanidine groups is 1. The minimum atomic E-state index is 0. The summed E-state index contributed by atoms with van der Waals surface area (Å²) < 4.78 is 6.06. The molecule has 0 bridgehead atoms. The number of nitrogens with zero attached hydrogens (tertiary/aromatic N) is 2. The first-order chi connectivity index (χ1) is 12.3. The first kappa shape index (κ1) is 22.2. The van der Waals surface area contributed by atoms with Gasteiger partial charge in [-0.1, -0.05) is 25.7 Å². The normalized spacial score (nSPS) is 25.6. The molecule has 1 atom stereocenters. The third-order valence-corrected chi connectivity index (χ3v) is 5.78. The molecule has 3 aliphatic rings. The third-order valence-electron chi connectivity index (χ3n) is 5.78. The van der Waals surface area contributed by atoms with Gasteiger partial charge in [0.1, 0.15) is 0 Å². The number of ether oxygens (including phenoxy) is 1. The molecule has 6 heteroatoms. The van der Waals surface area contributed by atoms with Gasteiger partial charge in [0.25, 0.3) is 0 Å². The van der Waals surface area contributed by atoms with Crippen LogP contribution in [0.3, 0.4) is 0 Å². The summed E-state index contributed by atoms with van der Waals surface area (Å²) >= 11 is 0. The average Bonchev–Trinajstić information content (AvgIpc) is 3.41. The van der Waals surface area contributed by atoms with Crippen molar-refractivity contribution < 1.29 is 4.74 Å². The van der Waals surface area contributed by atoms with E-state index in [0.717, 1.165) is 44.2 Å². The maximum Gasteiger partial charge on any atom is 0.191 e. The molecule has 0 amide bonds. The summed E-state index contributed by atoms with van der Waals surface area (Å²) in [6.45, 7) is 8.15. The monoisotopic (exact) mass is 478 g/mol. The van der Waals surface area contributed by atoms with Crippen LogP contribution in [0.15, 0.2) is 4.99 Å². The van der Waals surface area contributed by atoms with E-state index in [1.807, 2.05) is 0 Å². The Balaban J connectivity index is 0.00000243. The van der Waals surface area contributed by atoms with Crippen LogP contribution in [0, 0.1) is 5.92 Å². The molecule has 1 aliphatic heterocycles. The molecule has 1 heterocycles. The molecular weight excluding hydrogens is 439 g/mol. The molecule has 0 spiro atoms. The molecule has 5 nitrogen and oxygen atoms in total. The maximum absolute atomic E-state index is 6.06. The molecular formula is C20H39IN4O. The lowest BCUT2D eigenvalue weighted by molar-refractivity contribution is 0.0468. The molecule has 2 N–H and O–H groups in total. The summed E-state index contributed by atoms with van der Waals surface area (Å²) in [6, 6.07) is 0.904. The second-order valence-electron chi connectivity index (χ2n) is 8.01. The molecule has 0 aromatic carbocycles. The highest BCUT2D eigenvalue weighted by Crippen LogP contribution is 2.31. The Kier molecular flexibility index (Phi) is 10.6. The fourth-order valence-electron chi connectivity index (χ4n) is 4.15. The number of hydrogen-bond donors (Lipinski definition) is 2. The van der Waals surface area contributed by atoms with Gasteiger partial charge in [0, 0.05) is 32.2 Å². The highest BCUT2D eigenvalue weighted by atomic mass is 127. The number of halogens is 1. The van der Waals surface area contributed by atoms with Crippen LogP contribution in [0.25, 0.3) is 0 Å². The number of nitrogens with one attached hydrogen (secondary N) is 2. The SMILES string of the molecule is CCNC(=NCC1CCN(C2CC2)C1)NCCOC1CCCCCC1.I. The summed E-state index contributed by atoms with van der Waals surface area (Å²) in [6.07, 6.45) is 12.6. The Bertz CT molecular complexity index is 409. The van der Waals surface area contributed by atoms with Crippen LogP contribution in [0.5, 0.6) is 0 Å². The minimum Gasteiger partial charge on any atom is -0.376 e. The van der Waals surface area contributed by atoms with Gasteiger partial charge in [-0.3, -0.25) is 4.99 Å². The summed E-state index contributed by atoms with van der Waals surface area (Å²) in [4.78, 5) is 7.49. The molecule has 2 saturated carbocycles. The second-order valence-corrected chi connectivity index (χ2v) is 8.01. The van der Waals surface area contributed by atoms with E-state index in [2.05, 4.69) is 22.5 Å². The van der Waals surface area contributed by atoms with Gasteiger partial charge in [-0.25, -0.2) is 0 Å². The first-order valence-corrected chi connectivity index (χ1v) is 10.7. The molecule has 3 rings (SSSR count). The summed E-state index contributed by atoms with van der Waals surface area (Å²) in [7, 11) is 0. The Labute approximate surface area is 177 Å². The Hall–Kier alpha value is -0.0800. The van der Waals surface area contributed by atoms with Crippen LogP contribution in [-0.2, 0) is 4.74 Å². The van der Waals surface area contributed by atoms with Gasteiger partial charge >= 0.3 is 0 Å². The van der Waals surface area contributed by atoms with Gasteiger partial charge in [-0.2, -0.15) is 0 Å². The van der Waals surface area contributed by atoms with Gasteiger partial charge in [0.05, 0.1) is 12.7 Å². The number of rotatable bonds is 8. The Morgan fingerprint density at radius 1 is 1.04 bits per heavy atom. The number of likely N-dealkylation sites (tertiary alicyclic amines) is 1. The van der Waals surface area contributed by atoms with E-state index >= 15 is 0 Å². The quantitative estimate of drug-likeness (QED) is 0.185. The Morgan fingerprint density at radius 2 is 1.81 bits per heavy atom. The van der Waals surface area contributed by atoms with E-state index in [1.165, 1.54) is 70.9 Å². The van der Waals surface area contributed by atoms with Crippen molar-refractivity contribution in [2.75, 3.05) is 39.3 Å². The van der Waals surface area contributed by atoms with Crippen LogP contribution in [0.4, 0.5) is 0 Å². The largest absolute Gasteiger partial charge is 0.376 e. The van der Waals surface area contributed by atoms with E-state index < -0.39 is 0 Å². The van der Waals surface area contributed by atoms with Crippen molar-refractivity contribution in [3.8, 4) is 0 Å². The summed E-state index contributed by atoms with van der Waals surface area (Å²) in [5.74, 6) is 1.69. The summed E-state index contributed by atoms with van der Waals surface area (Å²) in [5.41, 5.74) is 0. The van der Waals surface area contributed by atoms with E-state index in [4.69, 9.17) is 9.73 Å². The van der Waals surface area contributed by atoms with Crippen LogP contribution >= 0.6 is 24.0 Å². The zero-order chi connectivity index (χ0) is 17.3. The molecule has 0 radical (unpaired) electrons. The zero-order valence-electron chi connectivity index (χ0n) is 16.5. The highest BCUT2D eigenvalue weighted by Gasteiger charge is 2.34. The lowest BCUT2D eigenvalue weighted by atomic mass is 10.1. The molecule has 3 fully saturated rings. The highest BCUT2D eigenvalue weighted by molar-refractivity contribution is 14.0. The average molecular weight is 478 g/mol. The van der Waals surface area contributed by atoms with E-state index in [-0.39, 0.29) is 24.0 Å². The molecule has 1 saturated heterocycles. The number of aliphatic imine (C=N–C) groups is 1. The number of hydrogen-bond acceptors (Lipinski definition) is 3. The van der Waals surface area contributed by atoms with Crippen molar-refractivity contribution in [2.45, 2.75) is 76.9 Å². The van der Waals surface area contributed by atoms with Gasteiger partial charge in [0.15, 0.2) is 5.96 Å². The molecule has 2 aliphatic carbocycles. The zero-order valence-corrected chi connectivity index (χ0v) is 18.9.